The fourth-order valence-electron chi connectivity index (χ4n) is 1.44. The smallest absolute Gasteiger partial charge is 0.337 e. The van der Waals surface area contributed by atoms with E-state index in [1.807, 2.05) is 0 Å². The van der Waals surface area contributed by atoms with Gasteiger partial charge in [0.2, 0.25) is 0 Å². The average molecular weight is 231 g/mol. The first kappa shape index (κ1) is 12.2. The monoisotopic (exact) mass is 231 g/mol. The molecule has 1 aliphatic heterocycles. The van der Waals surface area contributed by atoms with Crippen LogP contribution in [0.5, 0.6) is 0 Å². The zero-order valence-corrected chi connectivity index (χ0v) is 7.94. The van der Waals surface area contributed by atoms with Crippen molar-refractivity contribution in [3.05, 3.63) is 0 Å². The zero-order chi connectivity index (χ0) is 11.9. The van der Waals surface area contributed by atoms with Crippen LogP contribution >= 0.6 is 0 Å². The quantitative estimate of drug-likeness (QED) is 0.632. The molecule has 88 valence electrons. The van der Waals surface area contributed by atoms with Crippen LogP contribution in [0, 0.1) is 5.92 Å². The van der Waals surface area contributed by atoms with Crippen molar-refractivity contribution in [3.8, 4) is 0 Å². The SMILES string of the molecule is CC1CCN(C(=O)C(F)(F)C(F)(F)F)C1. The molecular weight excluding hydrogens is 221 g/mol. The predicted molar refractivity (Wildman–Crippen MR) is 41.4 cm³/mol. The molecule has 1 atom stereocenters. The lowest BCUT2D eigenvalue weighted by Crippen LogP contribution is -2.51. The largest absolute Gasteiger partial charge is 0.463 e. The summed E-state index contributed by atoms with van der Waals surface area (Å²) in [5, 5.41) is 0. The molecule has 0 N–H and O–H groups in total. The summed E-state index contributed by atoms with van der Waals surface area (Å²) in [5.41, 5.74) is 0. The maximum atomic E-state index is 12.6. The topological polar surface area (TPSA) is 20.3 Å². The van der Waals surface area contributed by atoms with Crippen LogP contribution in [0.2, 0.25) is 0 Å². The lowest BCUT2D eigenvalue weighted by molar-refractivity contribution is -0.274. The first-order valence-electron chi connectivity index (χ1n) is 4.40. The molecule has 0 aromatic carbocycles. The second-order valence-electron chi connectivity index (χ2n) is 3.72. The van der Waals surface area contributed by atoms with Crippen molar-refractivity contribution in [2.75, 3.05) is 13.1 Å². The van der Waals surface area contributed by atoms with Crippen molar-refractivity contribution in [2.45, 2.75) is 25.4 Å². The summed E-state index contributed by atoms with van der Waals surface area (Å²) < 4.78 is 60.7. The van der Waals surface area contributed by atoms with E-state index in [4.69, 9.17) is 0 Å². The summed E-state index contributed by atoms with van der Waals surface area (Å²) in [5.74, 6) is -7.44. The Morgan fingerprint density at radius 2 is 1.80 bits per heavy atom. The summed E-state index contributed by atoms with van der Waals surface area (Å²) >= 11 is 0. The first-order chi connectivity index (χ1) is 6.66. The lowest BCUT2D eigenvalue weighted by Gasteiger charge is -2.24. The van der Waals surface area contributed by atoms with E-state index in [1.54, 1.807) is 6.92 Å². The van der Waals surface area contributed by atoms with Crippen LogP contribution in [-0.2, 0) is 4.79 Å². The zero-order valence-electron chi connectivity index (χ0n) is 7.94. The summed E-state index contributed by atoms with van der Waals surface area (Å²) in [6.45, 7) is 1.62. The molecule has 1 rings (SSSR count). The van der Waals surface area contributed by atoms with E-state index in [2.05, 4.69) is 0 Å². The number of alkyl halides is 5. The second-order valence-corrected chi connectivity index (χ2v) is 3.72. The summed E-state index contributed by atoms with van der Waals surface area (Å²) in [6, 6.07) is 0. The van der Waals surface area contributed by atoms with Crippen molar-refractivity contribution < 1.29 is 26.7 Å². The number of nitrogens with zero attached hydrogens (tertiary/aromatic N) is 1. The molecule has 0 spiro atoms. The number of carbonyl (C=O) groups is 1. The number of hydrogen-bond acceptors (Lipinski definition) is 1. The first-order valence-corrected chi connectivity index (χ1v) is 4.40. The van der Waals surface area contributed by atoms with Gasteiger partial charge in [0, 0.05) is 13.1 Å². The molecule has 1 unspecified atom stereocenters. The van der Waals surface area contributed by atoms with Gasteiger partial charge in [0.15, 0.2) is 0 Å². The molecule has 0 bridgehead atoms. The van der Waals surface area contributed by atoms with Crippen molar-refractivity contribution in [2.24, 2.45) is 5.92 Å². The fourth-order valence-corrected chi connectivity index (χ4v) is 1.44. The van der Waals surface area contributed by atoms with Crippen molar-refractivity contribution in [1.29, 1.82) is 0 Å². The van der Waals surface area contributed by atoms with Crippen LogP contribution in [0.15, 0.2) is 0 Å². The van der Waals surface area contributed by atoms with Gasteiger partial charge in [0.25, 0.3) is 0 Å². The highest BCUT2D eigenvalue weighted by Gasteiger charge is 2.64. The average Bonchev–Trinajstić information content (AvgIpc) is 2.48. The Morgan fingerprint density at radius 3 is 2.13 bits per heavy atom. The Morgan fingerprint density at radius 1 is 1.27 bits per heavy atom. The summed E-state index contributed by atoms with van der Waals surface area (Å²) in [4.78, 5) is 11.5. The number of rotatable bonds is 1. The molecule has 0 aromatic rings. The highest BCUT2D eigenvalue weighted by atomic mass is 19.4. The van der Waals surface area contributed by atoms with E-state index in [0.29, 0.717) is 11.3 Å². The van der Waals surface area contributed by atoms with Crippen LogP contribution in [0.3, 0.4) is 0 Å². The van der Waals surface area contributed by atoms with Crippen molar-refractivity contribution in [3.63, 3.8) is 0 Å². The van der Waals surface area contributed by atoms with Crippen LogP contribution < -0.4 is 0 Å². The highest BCUT2D eigenvalue weighted by Crippen LogP contribution is 2.37. The van der Waals surface area contributed by atoms with Crippen LogP contribution in [0.4, 0.5) is 22.0 Å². The highest BCUT2D eigenvalue weighted by molar-refractivity contribution is 5.84. The number of halogens is 5. The number of hydrogen-bond donors (Lipinski definition) is 0. The molecular formula is C8H10F5NO. The van der Waals surface area contributed by atoms with Gasteiger partial charge in [-0.15, -0.1) is 0 Å². The Balaban J connectivity index is 2.76. The van der Waals surface area contributed by atoms with Gasteiger partial charge in [-0.3, -0.25) is 4.79 Å². The second kappa shape index (κ2) is 3.61. The molecule has 15 heavy (non-hydrogen) atoms. The van der Waals surface area contributed by atoms with Crippen LogP contribution in [-0.4, -0.2) is 36.0 Å². The van der Waals surface area contributed by atoms with E-state index in [0.717, 1.165) is 0 Å². The fraction of sp³-hybridized carbons (Fsp3) is 0.875. The van der Waals surface area contributed by atoms with Gasteiger partial charge >= 0.3 is 18.0 Å². The van der Waals surface area contributed by atoms with E-state index < -0.39 is 18.0 Å². The van der Waals surface area contributed by atoms with E-state index in [-0.39, 0.29) is 19.0 Å². The van der Waals surface area contributed by atoms with Gasteiger partial charge in [0.1, 0.15) is 0 Å². The normalized spacial score (nSPS) is 23.3. The Hall–Kier alpha value is -0.880. The molecule has 0 aromatic heterocycles. The third-order valence-corrected chi connectivity index (χ3v) is 2.34. The van der Waals surface area contributed by atoms with Gasteiger partial charge < -0.3 is 4.90 Å². The molecule has 1 amide bonds. The van der Waals surface area contributed by atoms with E-state index in [1.165, 1.54) is 0 Å². The number of carbonyl (C=O) groups excluding carboxylic acids is 1. The molecule has 0 radical (unpaired) electrons. The Labute approximate surface area is 83.0 Å². The Bertz CT molecular complexity index is 262. The number of likely N-dealkylation sites (tertiary alicyclic amines) is 1. The van der Waals surface area contributed by atoms with E-state index in [9.17, 15) is 26.7 Å². The van der Waals surface area contributed by atoms with Gasteiger partial charge in [-0.05, 0) is 12.3 Å². The van der Waals surface area contributed by atoms with Crippen LogP contribution in [0.25, 0.3) is 0 Å². The van der Waals surface area contributed by atoms with Gasteiger partial charge in [-0.25, -0.2) is 0 Å². The third-order valence-electron chi connectivity index (χ3n) is 2.34. The summed E-state index contributed by atoms with van der Waals surface area (Å²) in [7, 11) is 0. The van der Waals surface area contributed by atoms with Crippen molar-refractivity contribution >= 4 is 5.91 Å². The molecule has 1 heterocycles. The Kier molecular flexibility index (Phi) is 2.93. The predicted octanol–water partition coefficient (Wildman–Crippen LogP) is 2.05. The van der Waals surface area contributed by atoms with E-state index >= 15 is 0 Å². The minimum absolute atomic E-state index is 0.0296. The van der Waals surface area contributed by atoms with Gasteiger partial charge in [-0.1, -0.05) is 6.92 Å². The third kappa shape index (κ3) is 2.21. The maximum absolute atomic E-state index is 12.6. The molecule has 2 nitrogen and oxygen atoms in total. The van der Waals surface area contributed by atoms with Crippen LogP contribution in [0.1, 0.15) is 13.3 Å². The standard InChI is InChI=1S/C8H10F5NO/c1-5-2-3-14(4-5)6(15)7(9,10)8(11,12)13/h5H,2-4H2,1H3. The number of amides is 1. The van der Waals surface area contributed by atoms with Gasteiger partial charge in [0.05, 0.1) is 0 Å². The molecule has 1 aliphatic rings. The summed E-state index contributed by atoms with van der Waals surface area (Å²) in [6.07, 6.45) is -5.35. The molecule has 7 heteroatoms. The molecule has 0 saturated carbocycles. The molecule has 1 saturated heterocycles. The maximum Gasteiger partial charge on any atom is 0.463 e. The molecule has 0 aliphatic carbocycles. The van der Waals surface area contributed by atoms with Crippen molar-refractivity contribution in [1.82, 2.24) is 4.90 Å². The van der Waals surface area contributed by atoms with Gasteiger partial charge in [-0.2, -0.15) is 22.0 Å². The minimum atomic E-state index is -5.81. The molecule has 1 fully saturated rings. The lowest BCUT2D eigenvalue weighted by atomic mass is 10.2. The minimum Gasteiger partial charge on any atom is -0.337 e.